The maximum atomic E-state index is 6.33. The van der Waals surface area contributed by atoms with E-state index >= 15 is 0 Å². The fourth-order valence-electron chi connectivity index (χ4n) is 4.06. The van der Waals surface area contributed by atoms with Gasteiger partial charge in [-0.15, -0.1) is 24.9 Å². The van der Waals surface area contributed by atoms with E-state index in [-0.39, 0.29) is 0 Å². The maximum Gasteiger partial charge on any atom is 0.223 e. The van der Waals surface area contributed by atoms with Crippen molar-refractivity contribution in [2.45, 2.75) is 71.6 Å². The van der Waals surface area contributed by atoms with Crippen LogP contribution in [0.3, 0.4) is 0 Å². The number of allylic oxidation sites excluding steroid dienone is 8. The zero-order chi connectivity index (χ0) is 30.4. The summed E-state index contributed by atoms with van der Waals surface area (Å²) in [6, 6.07) is 3.68. The summed E-state index contributed by atoms with van der Waals surface area (Å²) in [6.07, 6.45) is 26.7. The van der Waals surface area contributed by atoms with Gasteiger partial charge in [-0.1, -0.05) is 62.5 Å². The van der Waals surface area contributed by atoms with Gasteiger partial charge in [-0.25, -0.2) is 4.98 Å². The molecule has 2 aromatic rings. The molecular weight excluding hydrogens is 557 g/mol. The summed E-state index contributed by atoms with van der Waals surface area (Å²) in [5, 5.41) is 0. The van der Waals surface area contributed by atoms with E-state index in [1.807, 2.05) is 60.8 Å². The standard InChI is InChI=1S/C36H50N2O2S2/c1-6-10-12-14-16-23-41-24-18-15-20-30(19-8-3)36-38-33-26-32(37)34(27-35(33)40-36)39-28-29(5)21-22-31(9-4)42-25-17-13-11-7-2/h6-7,9,15,18-19,21-22,26-27H,1-2,4,8,10-14,16-17,20,23-25,28,37H2,3,5H3/b18-15-,29-21+,30-19+,31-22+. The average Bonchev–Trinajstić information content (AvgIpc) is 3.40. The highest BCUT2D eigenvalue weighted by Crippen LogP contribution is 2.31. The predicted octanol–water partition coefficient (Wildman–Crippen LogP) is 11.1. The van der Waals surface area contributed by atoms with Gasteiger partial charge in [0.1, 0.15) is 17.9 Å². The maximum absolute atomic E-state index is 6.33. The molecular formula is C36H50N2O2S2. The Morgan fingerprint density at radius 1 is 1.00 bits per heavy atom. The first kappa shape index (κ1) is 35.4. The topological polar surface area (TPSA) is 61.3 Å². The molecule has 1 aromatic heterocycles. The number of nitrogens with two attached hydrogens (primary N) is 1. The van der Waals surface area contributed by atoms with Crippen LogP contribution >= 0.6 is 23.5 Å². The van der Waals surface area contributed by atoms with E-state index in [0.29, 0.717) is 29.5 Å². The Morgan fingerprint density at radius 2 is 1.76 bits per heavy atom. The highest BCUT2D eigenvalue weighted by atomic mass is 32.2. The number of rotatable bonds is 23. The number of hydrogen-bond acceptors (Lipinski definition) is 6. The summed E-state index contributed by atoms with van der Waals surface area (Å²) in [5.41, 5.74) is 10.5. The van der Waals surface area contributed by atoms with Gasteiger partial charge in [-0.3, -0.25) is 0 Å². The Bertz CT molecular complexity index is 1240. The van der Waals surface area contributed by atoms with Crippen LogP contribution in [0, 0.1) is 0 Å². The number of aromatic nitrogens is 1. The van der Waals surface area contributed by atoms with Crippen molar-refractivity contribution in [2.24, 2.45) is 0 Å². The number of anilines is 1. The van der Waals surface area contributed by atoms with Crippen LogP contribution in [0.5, 0.6) is 5.75 Å². The first-order chi connectivity index (χ1) is 20.5. The Balaban J connectivity index is 1.94. The predicted molar refractivity (Wildman–Crippen MR) is 190 cm³/mol. The van der Waals surface area contributed by atoms with Crippen molar-refractivity contribution in [1.29, 1.82) is 0 Å². The molecule has 2 rings (SSSR count). The Morgan fingerprint density at radius 3 is 2.50 bits per heavy atom. The highest BCUT2D eigenvalue weighted by molar-refractivity contribution is 8.03. The van der Waals surface area contributed by atoms with Gasteiger partial charge < -0.3 is 14.9 Å². The lowest BCUT2D eigenvalue weighted by atomic mass is 10.1. The summed E-state index contributed by atoms with van der Waals surface area (Å²) in [7, 11) is 0. The van der Waals surface area contributed by atoms with Gasteiger partial charge in [0.25, 0.3) is 0 Å². The molecule has 0 saturated carbocycles. The van der Waals surface area contributed by atoms with Gasteiger partial charge in [0.15, 0.2) is 5.58 Å². The Labute approximate surface area is 263 Å². The molecule has 0 spiro atoms. The van der Waals surface area contributed by atoms with Crippen molar-refractivity contribution in [2.75, 3.05) is 29.6 Å². The number of ether oxygens (including phenoxy) is 1. The molecule has 1 aromatic carbocycles. The van der Waals surface area contributed by atoms with E-state index in [2.05, 4.69) is 57.0 Å². The van der Waals surface area contributed by atoms with Gasteiger partial charge in [-0.05, 0) is 87.5 Å². The highest BCUT2D eigenvalue weighted by Gasteiger charge is 2.13. The molecule has 0 saturated heterocycles. The SMILES string of the molecule is C=CCCCCCSC/C=C\C/C(=C\CC)c1nc2cc(N)c(OC/C(C)=C/C=C(\C=C)SCCCCC=C)cc2o1. The summed E-state index contributed by atoms with van der Waals surface area (Å²) >= 11 is 3.81. The molecule has 0 unspecified atom stereocenters. The molecule has 0 fully saturated rings. The minimum atomic E-state index is 0.431. The molecule has 0 aliphatic carbocycles. The van der Waals surface area contributed by atoms with Crippen molar-refractivity contribution >= 4 is 45.9 Å². The lowest BCUT2D eigenvalue weighted by Crippen LogP contribution is -2.01. The fourth-order valence-corrected chi connectivity index (χ4v) is 5.77. The number of fused-ring (bicyclic) bond motifs is 1. The molecule has 42 heavy (non-hydrogen) atoms. The minimum absolute atomic E-state index is 0.431. The molecule has 0 bridgehead atoms. The summed E-state index contributed by atoms with van der Waals surface area (Å²) in [5.74, 6) is 4.55. The first-order valence-corrected chi connectivity index (χ1v) is 17.3. The zero-order valence-electron chi connectivity index (χ0n) is 25.7. The van der Waals surface area contributed by atoms with Gasteiger partial charge in [0, 0.05) is 22.3 Å². The molecule has 4 nitrogen and oxygen atoms in total. The average molecular weight is 607 g/mol. The number of nitrogen functional groups attached to an aromatic ring is 1. The molecule has 0 amide bonds. The van der Waals surface area contributed by atoms with Crippen molar-refractivity contribution in [3.8, 4) is 5.75 Å². The van der Waals surface area contributed by atoms with Crippen LogP contribution in [0.2, 0.25) is 0 Å². The van der Waals surface area contributed by atoms with Gasteiger partial charge >= 0.3 is 0 Å². The van der Waals surface area contributed by atoms with Crippen LogP contribution < -0.4 is 10.5 Å². The normalized spacial score (nSPS) is 12.8. The molecule has 2 N–H and O–H groups in total. The number of nitrogens with zero attached hydrogens (tertiary/aromatic N) is 1. The van der Waals surface area contributed by atoms with E-state index < -0.39 is 0 Å². The Hall–Kier alpha value is -2.83. The molecule has 0 radical (unpaired) electrons. The lowest BCUT2D eigenvalue weighted by Gasteiger charge is -2.08. The zero-order valence-corrected chi connectivity index (χ0v) is 27.4. The van der Waals surface area contributed by atoms with Crippen molar-refractivity contribution in [3.05, 3.63) is 96.8 Å². The largest absolute Gasteiger partial charge is 0.487 e. The number of unbranched alkanes of at least 4 members (excludes halogenated alkanes) is 5. The van der Waals surface area contributed by atoms with Crippen LogP contribution in [0.4, 0.5) is 5.69 Å². The van der Waals surface area contributed by atoms with E-state index in [1.165, 1.54) is 37.9 Å². The van der Waals surface area contributed by atoms with Crippen LogP contribution in [0.1, 0.15) is 77.5 Å². The molecule has 228 valence electrons. The van der Waals surface area contributed by atoms with E-state index in [0.717, 1.165) is 58.8 Å². The lowest BCUT2D eigenvalue weighted by molar-refractivity contribution is 0.354. The minimum Gasteiger partial charge on any atom is -0.487 e. The molecule has 6 heteroatoms. The molecule has 0 atom stereocenters. The number of benzene rings is 1. The van der Waals surface area contributed by atoms with Crippen LogP contribution in [-0.4, -0.2) is 28.8 Å². The van der Waals surface area contributed by atoms with E-state index in [9.17, 15) is 0 Å². The number of oxazole rings is 1. The summed E-state index contributed by atoms with van der Waals surface area (Å²) in [6.45, 7) is 16.1. The Kier molecular flexibility index (Phi) is 18.4. The molecule has 0 aliphatic rings. The molecule has 1 heterocycles. The summed E-state index contributed by atoms with van der Waals surface area (Å²) < 4.78 is 12.2. The third-order valence-corrected chi connectivity index (χ3v) is 8.56. The smallest absolute Gasteiger partial charge is 0.223 e. The second-order valence-electron chi connectivity index (χ2n) is 10.1. The number of thioether (sulfide) groups is 2. The second-order valence-corrected chi connectivity index (χ2v) is 12.4. The number of hydrogen-bond donors (Lipinski definition) is 1. The second kappa shape index (κ2) is 21.8. The quantitative estimate of drug-likeness (QED) is 0.0587. The molecule has 0 aliphatic heterocycles. The summed E-state index contributed by atoms with van der Waals surface area (Å²) in [4.78, 5) is 5.89. The van der Waals surface area contributed by atoms with Crippen LogP contribution in [0.25, 0.3) is 16.7 Å². The van der Waals surface area contributed by atoms with Crippen molar-refractivity contribution < 1.29 is 9.15 Å². The third kappa shape index (κ3) is 13.9. The first-order valence-electron chi connectivity index (χ1n) is 15.1. The van der Waals surface area contributed by atoms with Crippen LogP contribution in [-0.2, 0) is 0 Å². The monoisotopic (exact) mass is 606 g/mol. The fraction of sp³-hybridized carbons (Fsp3) is 0.417. The third-order valence-electron chi connectivity index (χ3n) is 6.42. The van der Waals surface area contributed by atoms with Crippen molar-refractivity contribution in [3.63, 3.8) is 0 Å². The van der Waals surface area contributed by atoms with Crippen LogP contribution in [0.15, 0.2) is 95.4 Å². The van der Waals surface area contributed by atoms with E-state index in [4.69, 9.17) is 19.9 Å². The van der Waals surface area contributed by atoms with Gasteiger partial charge in [0.2, 0.25) is 5.89 Å². The van der Waals surface area contributed by atoms with Gasteiger partial charge in [-0.2, -0.15) is 11.8 Å². The van der Waals surface area contributed by atoms with Crippen molar-refractivity contribution in [1.82, 2.24) is 4.98 Å². The van der Waals surface area contributed by atoms with Gasteiger partial charge in [0.05, 0.1) is 5.69 Å². The van der Waals surface area contributed by atoms with E-state index in [1.54, 1.807) is 0 Å².